The Balaban J connectivity index is 1.82. The lowest BCUT2D eigenvalue weighted by atomic mass is 10.1. The van der Waals surface area contributed by atoms with Gasteiger partial charge in [-0.3, -0.25) is 4.90 Å². The average Bonchev–Trinajstić information content (AvgIpc) is 2.60. The predicted molar refractivity (Wildman–Crippen MR) is 69.1 cm³/mol. The summed E-state index contributed by atoms with van der Waals surface area (Å²) in [7, 11) is 0. The van der Waals surface area contributed by atoms with Crippen LogP contribution in [-0.2, 0) is 0 Å². The molecule has 0 saturated carbocycles. The minimum absolute atomic E-state index is 0.352. The van der Waals surface area contributed by atoms with E-state index in [2.05, 4.69) is 48.2 Å². The van der Waals surface area contributed by atoms with Crippen molar-refractivity contribution >= 4 is 6.08 Å². The molecule has 1 aromatic carbocycles. The maximum absolute atomic E-state index is 5.99. The summed E-state index contributed by atoms with van der Waals surface area (Å²) in [5.74, 6) is 0.630. The van der Waals surface area contributed by atoms with E-state index in [0.29, 0.717) is 12.0 Å². The molecule has 0 aliphatic carbocycles. The van der Waals surface area contributed by atoms with Gasteiger partial charge >= 0.3 is 0 Å². The van der Waals surface area contributed by atoms with Crippen LogP contribution in [0.15, 0.2) is 36.4 Å². The smallest absolute Gasteiger partial charge is 0.0206 e. The zero-order valence-electron chi connectivity index (χ0n) is 9.84. The molecule has 86 valence electrons. The predicted octanol–water partition coefficient (Wildman–Crippen LogP) is 1.98. The molecule has 2 atom stereocenters. The van der Waals surface area contributed by atoms with Crippen molar-refractivity contribution < 1.29 is 0 Å². The van der Waals surface area contributed by atoms with Crippen LogP contribution in [0, 0.1) is 5.92 Å². The summed E-state index contributed by atoms with van der Waals surface area (Å²) in [6.07, 6.45) is 4.40. The highest BCUT2D eigenvalue weighted by Gasteiger charge is 2.25. The summed E-state index contributed by atoms with van der Waals surface area (Å²) >= 11 is 0. The Bertz CT molecular complexity index is 335. The Morgan fingerprint density at radius 3 is 2.69 bits per heavy atom. The molecule has 1 heterocycles. The number of likely N-dealkylation sites (tertiary alicyclic amines) is 1. The van der Waals surface area contributed by atoms with Gasteiger partial charge in [0.15, 0.2) is 0 Å². The van der Waals surface area contributed by atoms with E-state index < -0.39 is 0 Å². The Kier molecular flexibility index (Phi) is 3.75. The second-order valence-corrected chi connectivity index (χ2v) is 4.67. The Labute approximate surface area is 97.8 Å². The van der Waals surface area contributed by atoms with E-state index in [-0.39, 0.29) is 0 Å². The molecule has 0 aromatic heterocycles. The SMILES string of the molecule is CC1CN(C/C=C/c2ccccc2)CC1N. The summed E-state index contributed by atoms with van der Waals surface area (Å²) < 4.78 is 0. The van der Waals surface area contributed by atoms with E-state index in [0.717, 1.165) is 19.6 Å². The Hall–Kier alpha value is -1.12. The number of hydrogen-bond donors (Lipinski definition) is 1. The van der Waals surface area contributed by atoms with Gasteiger partial charge in [-0.05, 0) is 11.5 Å². The molecule has 0 spiro atoms. The second kappa shape index (κ2) is 5.28. The molecular weight excluding hydrogens is 196 g/mol. The Morgan fingerprint density at radius 1 is 1.31 bits per heavy atom. The van der Waals surface area contributed by atoms with Crippen molar-refractivity contribution in [2.45, 2.75) is 13.0 Å². The van der Waals surface area contributed by atoms with Crippen LogP contribution in [0.1, 0.15) is 12.5 Å². The van der Waals surface area contributed by atoms with Crippen LogP contribution in [-0.4, -0.2) is 30.6 Å². The standard InChI is InChI=1S/C14H20N2/c1-12-10-16(11-14(12)15)9-5-8-13-6-3-2-4-7-13/h2-8,12,14H,9-11,15H2,1H3/b8-5+. The van der Waals surface area contributed by atoms with E-state index in [1.54, 1.807) is 0 Å². The maximum atomic E-state index is 5.99. The van der Waals surface area contributed by atoms with Gasteiger partial charge in [-0.25, -0.2) is 0 Å². The fraction of sp³-hybridized carbons (Fsp3) is 0.429. The molecule has 2 N–H and O–H groups in total. The molecule has 2 unspecified atom stereocenters. The molecule has 0 bridgehead atoms. The van der Waals surface area contributed by atoms with Gasteiger partial charge in [-0.2, -0.15) is 0 Å². The van der Waals surface area contributed by atoms with E-state index in [1.807, 2.05) is 6.07 Å². The van der Waals surface area contributed by atoms with Gasteiger partial charge in [0.2, 0.25) is 0 Å². The van der Waals surface area contributed by atoms with Crippen LogP contribution in [0.4, 0.5) is 0 Å². The number of nitrogens with two attached hydrogens (primary N) is 1. The maximum Gasteiger partial charge on any atom is 0.0206 e. The fourth-order valence-corrected chi connectivity index (χ4v) is 2.15. The normalized spacial score (nSPS) is 26.6. The Morgan fingerprint density at radius 2 is 2.06 bits per heavy atom. The van der Waals surface area contributed by atoms with Crippen molar-refractivity contribution in [3.05, 3.63) is 42.0 Å². The first-order valence-corrected chi connectivity index (χ1v) is 5.95. The van der Waals surface area contributed by atoms with Gasteiger partial charge < -0.3 is 5.73 Å². The van der Waals surface area contributed by atoms with Crippen molar-refractivity contribution in [2.75, 3.05) is 19.6 Å². The van der Waals surface area contributed by atoms with E-state index in [9.17, 15) is 0 Å². The van der Waals surface area contributed by atoms with Crippen LogP contribution in [0.5, 0.6) is 0 Å². The van der Waals surface area contributed by atoms with Crippen molar-refractivity contribution in [1.29, 1.82) is 0 Å². The number of hydrogen-bond acceptors (Lipinski definition) is 2. The minimum Gasteiger partial charge on any atom is -0.326 e. The van der Waals surface area contributed by atoms with Crippen LogP contribution in [0.3, 0.4) is 0 Å². The quantitative estimate of drug-likeness (QED) is 0.837. The highest BCUT2D eigenvalue weighted by Crippen LogP contribution is 2.14. The summed E-state index contributed by atoms with van der Waals surface area (Å²) in [4.78, 5) is 2.41. The molecule has 1 saturated heterocycles. The molecule has 2 rings (SSSR count). The second-order valence-electron chi connectivity index (χ2n) is 4.67. The van der Waals surface area contributed by atoms with Gasteiger partial charge in [-0.1, -0.05) is 49.4 Å². The summed E-state index contributed by atoms with van der Waals surface area (Å²) in [5.41, 5.74) is 7.25. The third kappa shape index (κ3) is 2.94. The third-order valence-electron chi connectivity index (χ3n) is 3.22. The zero-order valence-corrected chi connectivity index (χ0v) is 9.84. The average molecular weight is 216 g/mol. The first-order valence-electron chi connectivity index (χ1n) is 5.95. The third-order valence-corrected chi connectivity index (χ3v) is 3.22. The van der Waals surface area contributed by atoms with Crippen molar-refractivity contribution in [2.24, 2.45) is 11.7 Å². The monoisotopic (exact) mass is 216 g/mol. The lowest BCUT2D eigenvalue weighted by Crippen LogP contribution is -2.28. The van der Waals surface area contributed by atoms with E-state index >= 15 is 0 Å². The zero-order chi connectivity index (χ0) is 11.4. The molecular formula is C14H20N2. The molecule has 2 nitrogen and oxygen atoms in total. The van der Waals surface area contributed by atoms with Crippen LogP contribution in [0.2, 0.25) is 0 Å². The topological polar surface area (TPSA) is 29.3 Å². The van der Waals surface area contributed by atoms with Crippen molar-refractivity contribution in [1.82, 2.24) is 4.90 Å². The molecule has 0 radical (unpaired) electrons. The van der Waals surface area contributed by atoms with Crippen LogP contribution >= 0.6 is 0 Å². The lowest BCUT2D eigenvalue weighted by molar-refractivity contribution is 0.363. The molecule has 2 heteroatoms. The van der Waals surface area contributed by atoms with Gasteiger partial charge in [0.1, 0.15) is 0 Å². The molecule has 16 heavy (non-hydrogen) atoms. The summed E-state index contributed by atoms with van der Waals surface area (Å²) in [6.45, 7) is 5.39. The lowest BCUT2D eigenvalue weighted by Gasteiger charge is -2.11. The van der Waals surface area contributed by atoms with Crippen molar-refractivity contribution in [3.63, 3.8) is 0 Å². The highest BCUT2D eigenvalue weighted by atomic mass is 15.2. The minimum atomic E-state index is 0.352. The van der Waals surface area contributed by atoms with Gasteiger partial charge in [0.25, 0.3) is 0 Å². The molecule has 1 aliphatic heterocycles. The molecule has 1 aromatic rings. The van der Waals surface area contributed by atoms with Crippen LogP contribution in [0.25, 0.3) is 6.08 Å². The number of benzene rings is 1. The van der Waals surface area contributed by atoms with Gasteiger partial charge in [0.05, 0.1) is 0 Å². The molecule has 1 aliphatic rings. The van der Waals surface area contributed by atoms with E-state index in [1.165, 1.54) is 5.56 Å². The first-order chi connectivity index (χ1) is 7.75. The van der Waals surface area contributed by atoms with Gasteiger partial charge in [0, 0.05) is 25.7 Å². The van der Waals surface area contributed by atoms with Crippen LogP contribution < -0.4 is 5.73 Å². The highest BCUT2D eigenvalue weighted by molar-refractivity contribution is 5.48. The summed E-state index contributed by atoms with van der Waals surface area (Å²) in [5, 5.41) is 0. The summed E-state index contributed by atoms with van der Waals surface area (Å²) in [6, 6.07) is 10.8. The van der Waals surface area contributed by atoms with Crippen molar-refractivity contribution in [3.8, 4) is 0 Å². The number of rotatable bonds is 3. The molecule has 1 fully saturated rings. The van der Waals surface area contributed by atoms with E-state index in [4.69, 9.17) is 5.73 Å². The first kappa shape index (κ1) is 11.4. The van der Waals surface area contributed by atoms with Gasteiger partial charge in [-0.15, -0.1) is 0 Å². The number of nitrogens with zero attached hydrogens (tertiary/aromatic N) is 1. The fourth-order valence-electron chi connectivity index (χ4n) is 2.15. The molecule has 0 amide bonds. The largest absolute Gasteiger partial charge is 0.326 e.